The summed E-state index contributed by atoms with van der Waals surface area (Å²) < 4.78 is 2.32. The van der Waals surface area contributed by atoms with Gasteiger partial charge in [0.1, 0.15) is 0 Å². The molecule has 1 nitrogen and oxygen atoms in total. The van der Waals surface area contributed by atoms with E-state index in [2.05, 4.69) is 61.0 Å². The van der Waals surface area contributed by atoms with Crippen LogP contribution in [0.25, 0.3) is 10.9 Å². The number of aromatic nitrogens is 1. The van der Waals surface area contributed by atoms with Gasteiger partial charge in [-0.25, -0.2) is 0 Å². The molecule has 0 unspecified atom stereocenters. The zero-order valence-electron chi connectivity index (χ0n) is 12.1. The van der Waals surface area contributed by atoms with Gasteiger partial charge in [0.15, 0.2) is 0 Å². The molecule has 0 saturated heterocycles. The highest BCUT2D eigenvalue weighted by atomic mass is 14.9. The number of benzene rings is 1. The highest BCUT2D eigenvalue weighted by Gasteiger charge is 1.99. The molecule has 2 aromatic rings. The van der Waals surface area contributed by atoms with Crippen LogP contribution in [-0.2, 0) is 6.54 Å². The van der Waals surface area contributed by atoms with Crippen molar-refractivity contribution in [1.82, 2.24) is 4.57 Å². The Balaban J connectivity index is 0.000000771. The van der Waals surface area contributed by atoms with E-state index < -0.39 is 0 Å². The second-order valence-electron chi connectivity index (χ2n) is 4.34. The van der Waals surface area contributed by atoms with Gasteiger partial charge < -0.3 is 4.57 Å². The van der Waals surface area contributed by atoms with Crippen molar-refractivity contribution in [2.45, 2.75) is 47.1 Å². The Kier molecular flexibility index (Phi) is 6.27. The van der Waals surface area contributed by atoms with Gasteiger partial charge in [0.25, 0.3) is 0 Å². The van der Waals surface area contributed by atoms with E-state index >= 15 is 0 Å². The predicted octanol–water partition coefficient (Wildman–Crippen LogP) is 5.41. The fraction of sp³-hybridized carbons (Fsp3) is 0.412. The number of para-hydroxylation sites is 1. The summed E-state index contributed by atoms with van der Waals surface area (Å²) >= 11 is 0. The molecule has 0 saturated carbocycles. The quantitative estimate of drug-likeness (QED) is 0.632. The lowest BCUT2D eigenvalue weighted by atomic mass is 10.2. The molecule has 1 aromatic heterocycles. The second kappa shape index (κ2) is 7.75. The summed E-state index contributed by atoms with van der Waals surface area (Å²) in [7, 11) is 0. The molecule has 0 fully saturated rings. The van der Waals surface area contributed by atoms with Gasteiger partial charge in [-0.1, -0.05) is 57.0 Å². The van der Waals surface area contributed by atoms with E-state index in [0.717, 1.165) is 6.54 Å². The van der Waals surface area contributed by atoms with Crippen molar-refractivity contribution in [3.8, 4) is 0 Å². The highest BCUT2D eigenvalue weighted by Crippen LogP contribution is 2.16. The summed E-state index contributed by atoms with van der Waals surface area (Å²) in [5.74, 6) is 0. The normalized spacial score (nSPS) is 11.2. The summed E-state index contributed by atoms with van der Waals surface area (Å²) in [5, 5.41) is 1.32. The summed E-state index contributed by atoms with van der Waals surface area (Å²) in [6, 6.07) is 10.7. The number of nitrogens with zero attached hydrogens (tertiary/aromatic N) is 1. The van der Waals surface area contributed by atoms with E-state index in [4.69, 9.17) is 0 Å². The van der Waals surface area contributed by atoms with E-state index in [0.29, 0.717) is 0 Å². The van der Waals surface area contributed by atoms with E-state index in [1.165, 1.54) is 29.3 Å². The number of unbranched alkanes of at least 4 members (excludes halogenated alkanes) is 1. The lowest BCUT2D eigenvalue weighted by Crippen LogP contribution is -1.96. The Bertz CT molecular complexity index is 491. The molecule has 0 amide bonds. The van der Waals surface area contributed by atoms with E-state index in [1.54, 1.807) is 0 Å². The Morgan fingerprint density at radius 1 is 1.17 bits per heavy atom. The van der Waals surface area contributed by atoms with Gasteiger partial charge >= 0.3 is 0 Å². The standard InChI is InChI=1S/C15H19N.C2H6/c1-3-4-7-13(2)12-16-11-10-14-8-5-6-9-15(14)16;1-2/h5-11H,3-4,12H2,1-2H3;1-2H3/b13-7+;. The van der Waals surface area contributed by atoms with Crippen LogP contribution in [0.2, 0.25) is 0 Å². The Hall–Kier alpha value is -1.50. The van der Waals surface area contributed by atoms with Crippen LogP contribution in [0.1, 0.15) is 40.5 Å². The molecule has 0 aliphatic carbocycles. The monoisotopic (exact) mass is 243 g/mol. The minimum atomic E-state index is 1.01. The first-order chi connectivity index (χ1) is 8.81. The van der Waals surface area contributed by atoms with Crippen molar-refractivity contribution in [2.75, 3.05) is 0 Å². The van der Waals surface area contributed by atoms with E-state index in [-0.39, 0.29) is 0 Å². The number of fused-ring (bicyclic) bond motifs is 1. The summed E-state index contributed by atoms with van der Waals surface area (Å²) in [6.45, 7) is 9.44. The van der Waals surface area contributed by atoms with Crippen LogP contribution < -0.4 is 0 Å². The first kappa shape index (κ1) is 14.6. The topological polar surface area (TPSA) is 4.93 Å². The largest absolute Gasteiger partial charge is 0.343 e. The maximum Gasteiger partial charge on any atom is 0.0483 e. The van der Waals surface area contributed by atoms with Gasteiger partial charge in [0.05, 0.1) is 0 Å². The van der Waals surface area contributed by atoms with Crippen molar-refractivity contribution >= 4 is 10.9 Å². The first-order valence-electron chi connectivity index (χ1n) is 7.00. The van der Waals surface area contributed by atoms with Gasteiger partial charge in [-0.2, -0.15) is 0 Å². The van der Waals surface area contributed by atoms with Crippen LogP contribution in [0.5, 0.6) is 0 Å². The number of allylic oxidation sites excluding steroid dienone is 2. The molecular formula is C17H25N. The predicted molar refractivity (Wildman–Crippen MR) is 82.0 cm³/mol. The van der Waals surface area contributed by atoms with Crippen LogP contribution in [0.4, 0.5) is 0 Å². The zero-order chi connectivity index (χ0) is 13.4. The fourth-order valence-corrected chi connectivity index (χ4v) is 2.00. The molecule has 98 valence electrons. The molecule has 1 heterocycles. The van der Waals surface area contributed by atoms with Crippen molar-refractivity contribution in [1.29, 1.82) is 0 Å². The molecule has 1 aromatic carbocycles. The zero-order valence-corrected chi connectivity index (χ0v) is 12.1. The van der Waals surface area contributed by atoms with Crippen molar-refractivity contribution in [3.05, 3.63) is 48.2 Å². The Morgan fingerprint density at radius 2 is 1.89 bits per heavy atom. The van der Waals surface area contributed by atoms with Gasteiger partial charge in [-0.15, -0.1) is 0 Å². The summed E-state index contributed by atoms with van der Waals surface area (Å²) in [4.78, 5) is 0. The van der Waals surface area contributed by atoms with Gasteiger partial charge in [-0.05, 0) is 30.9 Å². The van der Waals surface area contributed by atoms with Crippen molar-refractivity contribution in [3.63, 3.8) is 0 Å². The SMILES string of the molecule is CC.CCC/C=C(\C)Cn1ccc2ccccc21. The van der Waals surface area contributed by atoms with Crippen molar-refractivity contribution < 1.29 is 0 Å². The molecule has 0 radical (unpaired) electrons. The summed E-state index contributed by atoms with van der Waals surface area (Å²) in [5.41, 5.74) is 2.77. The van der Waals surface area contributed by atoms with Crippen LogP contribution in [0.15, 0.2) is 48.2 Å². The fourth-order valence-electron chi connectivity index (χ4n) is 2.00. The molecule has 0 atom stereocenters. The molecule has 0 bridgehead atoms. The molecule has 0 spiro atoms. The molecule has 0 aliphatic rings. The number of rotatable bonds is 4. The average molecular weight is 243 g/mol. The van der Waals surface area contributed by atoms with Gasteiger partial charge in [0.2, 0.25) is 0 Å². The lowest BCUT2D eigenvalue weighted by Gasteiger charge is -2.05. The van der Waals surface area contributed by atoms with Crippen LogP contribution in [0.3, 0.4) is 0 Å². The van der Waals surface area contributed by atoms with Crippen LogP contribution in [-0.4, -0.2) is 4.57 Å². The van der Waals surface area contributed by atoms with Crippen LogP contribution >= 0.6 is 0 Å². The first-order valence-corrected chi connectivity index (χ1v) is 7.00. The van der Waals surface area contributed by atoms with Gasteiger partial charge in [-0.3, -0.25) is 0 Å². The number of hydrogen-bond donors (Lipinski definition) is 0. The third kappa shape index (κ3) is 3.76. The maximum atomic E-state index is 2.34. The van der Waals surface area contributed by atoms with E-state index in [1.807, 2.05) is 13.8 Å². The minimum absolute atomic E-state index is 1.01. The molecule has 1 heteroatoms. The second-order valence-corrected chi connectivity index (χ2v) is 4.34. The van der Waals surface area contributed by atoms with Crippen molar-refractivity contribution in [2.24, 2.45) is 0 Å². The molecule has 0 aliphatic heterocycles. The smallest absolute Gasteiger partial charge is 0.0483 e. The summed E-state index contributed by atoms with van der Waals surface area (Å²) in [6.07, 6.45) is 6.93. The maximum absolute atomic E-state index is 2.34. The Morgan fingerprint density at radius 3 is 2.61 bits per heavy atom. The third-order valence-corrected chi connectivity index (χ3v) is 2.88. The van der Waals surface area contributed by atoms with E-state index in [9.17, 15) is 0 Å². The van der Waals surface area contributed by atoms with Gasteiger partial charge in [0, 0.05) is 18.3 Å². The average Bonchev–Trinajstić information content (AvgIpc) is 2.82. The lowest BCUT2D eigenvalue weighted by molar-refractivity contribution is 0.806. The Labute approximate surface area is 111 Å². The number of hydrogen-bond acceptors (Lipinski definition) is 0. The molecule has 2 rings (SSSR count). The minimum Gasteiger partial charge on any atom is -0.343 e. The molecule has 18 heavy (non-hydrogen) atoms. The third-order valence-electron chi connectivity index (χ3n) is 2.88. The highest BCUT2D eigenvalue weighted by molar-refractivity contribution is 5.79. The molecule has 0 N–H and O–H groups in total. The molecular weight excluding hydrogens is 218 g/mol. The van der Waals surface area contributed by atoms with Crippen LogP contribution in [0, 0.1) is 0 Å².